The molecular weight excluding hydrogens is 1040 g/mol. The SMILES string of the molecule is C(/C=C/c1ccccc1)=Nc1cccc2c1-c1nc-2nc2[n-]c(nc3nc(nc4[n-]c(n1)c1cccc(N=C/C=C/c5ccccc5)c41)-c1cccc(N=C/C=C/c4ccccc4)c1-3)c1cccc(N=C/C=C/c3ccccc3)c21.[Co+2]. The first-order valence-corrected chi connectivity index (χ1v) is 25.9. The van der Waals surface area contributed by atoms with Gasteiger partial charge in [0.15, 0.2) is 0 Å². The van der Waals surface area contributed by atoms with Crippen LogP contribution in [-0.2, 0) is 16.8 Å². The average molecular weight is 1090 g/mol. The summed E-state index contributed by atoms with van der Waals surface area (Å²) in [7, 11) is 0. The molecule has 1 radical (unpaired) electrons. The van der Waals surface area contributed by atoms with Crippen molar-refractivity contribution in [1.82, 2.24) is 39.9 Å². The molecule has 0 atom stereocenters. The molecular formula is C68H44CoN12. The first kappa shape index (κ1) is 51.0. The summed E-state index contributed by atoms with van der Waals surface area (Å²) >= 11 is 0. The van der Waals surface area contributed by atoms with E-state index in [4.69, 9.17) is 59.8 Å². The van der Waals surface area contributed by atoms with Gasteiger partial charge in [0.2, 0.25) is 0 Å². The average Bonchev–Trinajstić information content (AvgIpc) is 4.31. The van der Waals surface area contributed by atoms with Gasteiger partial charge in [0.1, 0.15) is 0 Å². The zero-order chi connectivity index (χ0) is 53.5. The Morgan fingerprint density at radius 3 is 0.951 bits per heavy atom. The summed E-state index contributed by atoms with van der Waals surface area (Å²) in [6.07, 6.45) is 22.8. The first-order valence-electron chi connectivity index (χ1n) is 25.9. The van der Waals surface area contributed by atoms with Crippen molar-refractivity contribution in [2.24, 2.45) is 20.0 Å². The van der Waals surface area contributed by atoms with Crippen LogP contribution in [0.15, 0.2) is 238 Å². The number of nitrogens with zero attached hydrogens (tertiary/aromatic N) is 12. The normalized spacial score (nSPS) is 12.4. The molecule has 5 heterocycles. The van der Waals surface area contributed by atoms with E-state index in [0.29, 0.717) is 112 Å². The van der Waals surface area contributed by atoms with E-state index < -0.39 is 0 Å². The largest absolute Gasteiger partial charge is 2.00 e. The summed E-state index contributed by atoms with van der Waals surface area (Å²) in [5.41, 5.74) is 11.1. The second kappa shape index (κ2) is 23.5. The Balaban J connectivity index is 0.00000651. The Hall–Kier alpha value is -10.7. The summed E-state index contributed by atoms with van der Waals surface area (Å²) in [5, 5.41) is 2.78. The number of aromatic nitrogens is 8. The van der Waals surface area contributed by atoms with Crippen LogP contribution in [0.3, 0.4) is 0 Å². The number of hydrogen-bond donors (Lipinski definition) is 0. The van der Waals surface area contributed by atoms with E-state index in [1.54, 1.807) is 24.9 Å². The number of hydrogen-bond acceptors (Lipinski definition) is 10. The first-order chi connectivity index (χ1) is 39.7. The molecule has 0 saturated heterocycles. The molecule has 0 fully saturated rings. The van der Waals surface area contributed by atoms with Crippen LogP contribution < -0.4 is 9.97 Å². The second-order valence-electron chi connectivity index (χ2n) is 18.5. The fourth-order valence-corrected chi connectivity index (χ4v) is 9.57. The number of allylic oxidation sites excluding steroid dienone is 4. The third-order valence-electron chi connectivity index (χ3n) is 13.3. The van der Waals surface area contributed by atoms with E-state index in [0.717, 1.165) is 22.3 Å². The van der Waals surface area contributed by atoms with Crippen LogP contribution in [0.2, 0.25) is 0 Å². The molecule has 81 heavy (non-hydrogen) atoms. The van der Waals surface area contributed by atoms with Gasteiger partial charge in [0.25, 0.3) is 0 Å². The predicted octanol–water partition coefficient (Wildman–Crippen LogP) is 15.8. The molecule has 13 rings (SSSR count). The van der Waals surface area contributed by atoms with Gasteiger partial charge >= 0.3 is 16.8 Å². The Bertz CT molecular complexity index is 4280. The molecule has 0 aliphatic carbocycles. The van der Waals surface area contributed by atoms with Crippen molar-refractivity contribution in [3.05, 3.63) is 241 Å². The molecule has 11 aromatic rings. The molecule has 2 aliphatic heterocycles. The van der Waals surface area contributed by atoms with E-state index in [9.17, 15) is 0 Å². The molecule has 0 N–H and O–H groups in total. The van der Waals surface area contributed by atoms with Crippen LogP contribution in [0.25, 0.3) is 114 Å². The van der Waals surface area contributed by atoms with E-state index >= 15 is 0 Å². The molecule has 13 heteroatoms. The van der Waals surface area contributed by atoms with Crippen LogP contribution in [0.5, 0.6) is 0 Å². The summed E-state index contributed by atoms with van der Waals surface area (Å²) < 4.78 is 0. The van der Waals surface area contributed by atoms with Gasteiger partial charge in [-0.3, -0.25) is 20.0 Å². The van der Waals surface area contributed by atoms with Crippen LogP contribution in [-0.4, -0.2) is 54.8 Å². The number of benzene rings is 8. The van der Waals surface area contributed by atoms with Gasteiger partial charge in [-0.15, -0.1) is 0 Å². The minimum atomic E-state index is 0. The molecule has 0 amide bonds. The third-order valence-corrected chi connectivity index (χ3v) is 13.3. The maximum Gasteiger partial charge on any atom is 2.00 e. The van der Waals surface area contributed by atoms with E-state index in [1.807, 2.05) is 243 Å². The standard InChI is InChI=1S/C68H44N12.Co/c1-5-21-45(22-6-1)29-17-41-69-53-37-13-33-49-57(53)65-73-61(49)78-66-59-51(35-15-39-55(59)71-43-19-31-47-25-9-3-10-26-47)63(75-66)80-68-60-52(36-16-40-56(60)72-44-20-32-48-27-11-4-12-28-48)64(76-68)79-67-58-50(62(74-67)77-65)34-14-38-54(58)70-42-18-30-46-23-7-2-8-24-46;/h1-44H;/q-2;+2/b29-17+,30-18+,31-19+,32-20+,69-41?,70-42?,71-43?,72-44?;. The molecule has 0 saturated carbocycles. The van der Waals surface area contributed by atoms with Gasteiger partial charge in [0.05, 0.1) is 46.0 Å². The van der Waals surface area contributed by atoms with Crippen LogP contribution in [0.1, 0.15) is 22.3 Å². The molecule has 3 aromatic heterocycles. The quantitative estimate of drug-likeness (QED) is 0.110. The van der Waals surface area contributed by atoms with E-state index in [1.165, 1.54) is 0 Å². The number of fused-ring (bicyclic) bond motifs is 20. The van der Waals surface area contributed by atoms with E-state index in [2.05, 4.69) is 0 Å². The fourth-order valence-electron chi connectivity index (χ4n) is 9.57. The Labute approximate surface area is 476 Å². The van der Waals surface area contributed by atoms with Gasteiger partial charge in [-0.05, 0) is 81.6 Å². The maximum atomic E-state index is 5.32. The van der Waals surface area contributed by atoms with Gasteiger partial charge in [-0.2, -0.15) is 0 Å². The van der Waals surface area contributed by atoms with Gasteiger partial charge in [-0.25, -0.2) is 9.97 Å². The van der Waals surface area contributed by atoms with Crippen molar-refractivity contribution in [3.63, 3.8) is 0 Å². The van der Waals surface area contributed by atoms with Crippen molar-refractivity contribution in [1.29, 1.82) is 0 Å². The van der Waals surface area contributed by atoms with Crippen LogP contribution in [0, 0.1) is 0 Å². The maximum absolute atomic E-state index is 5.32. The van der Waals surface area contributed by atoms with Crippen molar-refractivity contribution in [3.8, 4) is 45.6 Å². The van der Waals surface area contributed by atoms with Crippen molar-refractivity contribution >= 4 is 116 Å². The number of rotatable bonds is 12. The molecule has 0 spiro atoms. The smallest absolute Gasteiger partial charge is 0.357 e. The van der Waals surface area contributed by atoms with Crippen LogP contribution >= 0.6 is 0 Å². The molecule has 385 valence electrons. The Morgan fingerprint density at radius 1 is 0.284 bits per heavy atom. The monoisotopic (exact) mass is 1090 g/mol. The van der Waals surface area contributed by atoms with Gasteiger partial charge in [0, 0.05) is 80.5 Å². The molecule has 8 bridgehead atoms. The Morgan fingerprint density at radius 2 is 0.593 bits per heavy atom. The number of aliphatic imine (C=N–C) groups is 4. The third kappa shape index (κ3) is 10.9. The summed E-state index contributed by atoms with van der Waals surface area (Å²) in [5.74, 6) is 1.49. The minimum Gasteiger partial charge on any atom is -0.357 e. The second-order valence-corrected chi connectivity index (χ2v) is 18.5. The summed E-state index contributed by atoms with van der Waals surface area (Å²) in [6, 6.07) is 63.8. The predicted molar refractivity (Wildman–Crippen MR) is 329 cm³/mol. The molecule has 12 nitrogen and oxygen atoms in total. The molecule has 2 aliphatic rings. The zero-order valence-corrected chi connectivity index (χ0v) is 44.1. The van der Waals surface area contributed by atoms with Crippen molar-refractivity contribution in [2.75, 3.05) is 0 Å². The van der Waals surface area contributed by atoms with Crippen molar-refractivity contribution < 1.29 is 16.8 Å². The van der Waals surface area contributed by atoms with E-state index in [-0.39, 0.29) is 16.8 Å². The van der Waals surface area contributed by atoms with Gasteiger partial charge < -0.3 is 29.9 Å². The Kier molecular flexibility index (Phi) is 14.8. The summed E-state index contributed by atoms with van der Waals surface area (Å²) in [4.78, 5) is 62.1. The minimum absolute atomic E-state index is 0. The zero-order valence-electron chi connectivity index (χ0n) is 43.1. The fraction of sp³-hybridized carbons (Fsp3) is 0. The van der Waals surface area contributed by atoms with Crippen molar-refractivity contribution in [2.45, 2.75) is 0 Å². The molecule has 8 aromatic carbocycles. The topological polar surface area (TPSA) is 155 Å². The van der Waals surface area contributed by atoms with Gasteiger partial charge in [-0.1, -0.05) is 194 Å². The summed E-state index contributed by atoms with van der Waals surface area (Å²) in [6.45, 7) is 0. The van der Waals surface area contributed by atoms with Crippen LogP contribution in [0.4, 0.5) is 22.7 Å². The molecule has 0 unspecified atom stereocenters.